The summed E-state index contributed by atoms with van der Waals surface area (Å²) in [5.41, 5.74) is 3.33. The molecule has 4 aliphatic heterocycles. The molecule has 1 aromatic carbocycles. The molecular formula is C24H28N2O5. The molecule has 164 valence electrons. The van der Waals surface area contributed by atoms with Crippen LogP contribution in [0.3, 0.4) is 0 Å². The standard InChI is InChI=1S/C24H28N2O5/c1-13(27)26-19-10-16(29-3)4-5-18(19)24-7-8-25-12-15-6-9-30-23(31-14(2)28)21(22(24)26)17(15)11-20(24)25/h4-6,10,17,20-23H,7-9,11-12H2,1-3H3/t17-,20-,21+,22-,23-,24+/m0/s1. The first kappa shape index (κ1) is 19.3. The van der Waals surface area contributed by atoms with E-state index in [2.05, 4.69) is 17.0 Å². The van der Waals surface area contributed by atoms with Crippen molar-refractivity contribution in [3.63, 3.8) is 0 Å². The fourth-order valence-electron chi connectivity index (χ4n) is 7.40. The summed E-state index contributed by atoms with van der Waals surface area (Å²) in [7, 11) is 1.65. The third kappa shape index (κ3) is 2.42. The summed E-state index contributed by atoms with van der Waals surface area (Å²) in [5, 5.41) is 0. The van der Waals surface area contributed by atoms with Crippen molar-refractivity contribution in [1.82, 2.24) is 4.90 Å². The monoisotopic (exact) mass is 424 g/mol. The molecule has 0 aromatic heterocycles. The Morgan fingerprint density at radius 1 is 1.26 bits per heavy atom. The van der Waals surface area contributed by atoms with E-state index in [1.165, 1.54) is 18.1 Å². The van der Waals surface area contributed by atoms with Gasteiger partial charge in [0, 0.05) is 37.9 Å². The Labute approximate surface area is 181 Å². The van der Waals surface area contributed by atoms with Crippen LogP contribution in [-0.2, 0) is 24.5 Å². The number of benzene rings is 1. The number of anilines is 1. The maximum absolute atomic E-state index is 13.1. The second kappa shape index (κ2) is 6.56. The van der Waals surface area contributed by atoms with Crippen LogP contribution in [0.15, 0.2) is 29.8 Å². The van der Waals surface area contributed by atoms with Crippen LogP contribution in [0, 0.1) is 11.8 Å². The topological polar surface area (TPSA) is 68.3 Å². The highest BCUT2D eigenvalue weighted by molar-refractivity contribution is 5.96. The summed E-state index contributed by atoms with van der Waals surface area (Å²) in [6.07, 6.45) is 3.50. The van der Waals surface area contributed by atoms with Gasteiger partial charge in [0.15, 0.2) is 0 Å². The van der Waals surface area contributed by atoms with E-state index in [0.29, 0.717) is 12.6 Å². The minimum absolute atomic E-state index is 0.00570. The van der Waals surface area contributed by atoms with Gasteiger partial charge in [0.1, 0.15) is 5.75 Å². The number of piperidine rings is 1. The van der Waals surface area contributed by atoms with Crippen LogP contribution >= 0.6 is 0 Å². The SMILES string of the molecule is COc1ccc2c(c1)N(C(C)=O)[C@H]1[C@@H]3[C@H](OC(C)=O)OCC=C4CN5CC[C@]21[C@@H]5C[C@@H]43. The van der Waals surface area contributed by atoms with Crippen LogP contribution in [0.1, 0.15) is 32.3 Å². The average Bonchev–Trinajstić information content (AvgIpc) is 3.20. The van der Waals surface area contributed by atoms with Gasteiger partial charge in [-0.25, -0.2) is 0 Å². The van der Waals surface area contributed by atoms with E-state index < -0.39 is 6.29 Å². The zero-order chi connectivity index (χ0) is 21.5. The molecule has 2 bridgehead atoms. The number of nitrogens with zero attached hydrogens (tertiary/aromatic N) is 2. The number of methoxy groups -OCH3 is 1. The van der Waals surface area contributed by atoms with Gasteiger partial charge in [-0.2, -0.15) is 0 Å². The van der Waals surface area contributed by atoms with Crippen LogP contribution < -0.4 is 9.64 Å². The van der Waals surface area contributed by atoms with Gasteiger partial charge in [-0.05, 0) is 36.9 Å². The molecule has 1 amide bonds. The Kier molecular flexibility index (Phi) is 4.09. The number of ether oxygens (including phenoxy) is 3. The van der Waals surface area contributed by atoms with Gasteiger partial charge in [-0.3, -0.25) is 14.5 Å². The fraction of sp³-hybridized carbons (Fsp3) is 0.583. The first-order chi connectivity index (χ1) is 15.0. The molecular weight excluding hydrogens is 396 g/mol. The summed E-state index contributed by atoms with van der Waals surface area (Å²) in [6, 6.07) is 6.39. The molecule has 3 fully saturated rings. The number of hydrogen-bond acceptors (Lipinski definition) is 6. The second-order valence-corrected chi connectivity index (χ2v) is 9.50. The van der Waals surface area contributed by atoms with E-state index in [-0.39, 0.29) is 35.2 Å². The molecule has 31 heavy (non-hydrogen) atoms. The number of rotatable bonds is 2. The van der Waals surface area contributed by atoms with Crippen molar-refractivity contribution < 1.29 is 23.8 Å². The van der Waals surface area contributed by atoms with Gasteiger partial charge < -0.3 is 19.1 Å². The van der Waals surface area contributed by atoms with Crippen LogP contribution in [0.5, 0.6) is 5.75 Å². The van der Waals surface area contributed by atoms with Crippen LogP contribution in [0.4, 0.5) is 5.69 Å². The second-order valence-electron chi connectivity index (χ2n) is 9.50. The smallest absolute Gasteiger partial charge is 0.304 e. The molecule has 0 unspecified atom stereocenters. The van der Waals surface area contributed by atoms with Crippen molar-refractivity contribution >= 4 is 17.6 Å². The number of carbonyl (C=O) groups is 2. The zero-order valence-electron chi connectivity index (χ0n) is 18.2. The minimum atomic E-state index is -0.663. The molecule has 0 radical (unpaired) electrons. The first-order valence-electron chi connectivity index (χ1n) is 11.2. The summed E-state index contributed by atoms with van der Waals surface area (Å²) in [5.74, 6) is 0.539. The van der Waals surface area contributed by atoms with E-state index in [1.54, 1.807) is 14.0 Å². The molecule has 1 aliphatic carbocycles. The zero-order valence-corrected chi connectivity index (χ0v) is 18.2. The highest BCUT2D eigenvalue weighted by Crippen LogP contribution is 2.64. The molecule has 7 heteroatoms. The lowest BCUT2D eigenvalue weighted by Crippen LogP contribution is -2.66. The number of hydrogen-bond donors (Lipinski definition) is 0. The molecule has 6 rings (SSSR count). The largest absolute Gasteiger partial charge is 0.497 e. The lowest BCUT2D eigenvalue weighted by molar-refractivity contribution is -0.197. The number of carbonyl (C=O) groups excluding carboxylic acids is 2. The predicted molar refractivity (Wildman–Crippen MR) is 113 cm³/mol. The summed E-state index contributed by atoms with van der Waals surface area (Å²) in [6.45, 7) is 5.43. The highest BCUT2D eigenvalue weighted by Gasteiger charge is 2.69. The summed E-state index contributed by atoms with van der Waals surface area (Å²) >= 11 is 0. The molecule has 5 aliphatic rings. The molecule has 1 aromatic rings. The average molecular weight is 424 g/mol. The van der Waals surface area contributed by atoms with E-state index in [1.807, 2.05) is 17.0 Å². The summed E-state index contributed by atoms with van der Waals surface area (Å²) < 4.78 is 17.4. The number of fused-ring (bicyclic) bond motifs is 2. The van der Waals surface area contributed by atoms with Gasteiger partial charge in [-0.1, -0.05) is 17.7 Å². The Morgan fingerprint density at radius 2 is 2.10 bits per heavy atom. The molecule has 4 heterocycles. The van der Waals surface area contributed by atoms with Crippen molar-refractivity contribution in [1.29, 1.82) is 0 Å². The van der Waals surface area contributed by atoms with Crippen molar-refractivity contribution in [2.45, 2.75) is 50.5 Å². The normalized spacial score (nSPS) is 37.5. The third-order valence-electron chi connectivity index (χ3n) is 8.33. The summed E-state index contributed by atoms with van der Waals surface area (Å²) in [4.78, 5) is 29.7. The van der Waals surface area contributed by atoms with Gasteiger partial charge in [0.2, 0.25) is 12.2 Å². The van der Waals surface area contributed by atoms with Crippen LogP contribution in [0.2, 0.25) is 0 Å². The Balaban J connectivity index is 1.59. The van der Waals surface area contributed by atoms with Crippen molar-refractivity contribution in [3.8, 4) is 5.75 Å². The molecule has 7 nitrogen and oxygen atoms in total. The van der Waals surface area contributed by atoms with E-state index >= 15 is 0 Å². The van der Waals surface area contributed by atoms with Crippen LogP contribution in [-0.4, -0.2) is 62.0 Å². The number of esters is 1. The molecule has 1 saturated carbocycles. The van der Waals surface area contributed by atoms with Crippen molar-refractivity contribution in [3.05, 3.63) is 35.4 Å². The fourth-order valence-corrected chi connectivity index (χ4v) is 7.40. The molecule has 6 atom stereocenters. The van der Waals surface area contributed by atoms with Crippen LogP contribution in [0.25, 0.3) is 0 Å². The van der Waals surface area contributed by atoms with E-state index in [0.717, 1.165) is 37.4 Å². The number of amides is 1. The van der Waals surface area contributed by atoms with Gasteiger partial charge in [-0.15, -0.1) is 0 Å². The van der Waals surface area contributed by atoms with Gasteiger partial charge in [0.05, 0.1) is 31.4 Å². The third-order valence-corrected chi connectivity index (χ3v) is 8.33. The Morgan fingerprint density at radius 3 is 2.84 bits per heavy atom. The molecule has 0 N–H and O–H groups in total. The Bertz CT molecular complexity index is 1010. The lowest BCUT2D eigenvalue weighted by atomic mass is 9.55. The van der Waals surface area contributed by atoms with Gasteiger partial charge in [0.25, 0.3) is 0 Å². The quantitative estimate of drug-likeness (QED) is 0.536. The van der Waals surface area contributed by atoms with E-state index in [4.69, 9.17) is 14.2 Å². The Hall–Kier alpha value is -2.38. The lowest BCUT2D eigenvalue weighted by Gasteiger charge is -2.56. The molecule has 2 saturated heterocycles. The maximum atomic E-state index is 13.1. The van der Waals surface area contributed by atoms with Gasteiger partial charge >= 0.3 is 5.97 Å². The van der Waals surface area contributed by atoms with E-state index in [9.17, 15) is 9.59 Å². The van der Waals surface area contributed by atoms with Crippen molar-refractivity contribution in [2.24, 2.45) is 11.8 Å². The minimum Gasteiger partial charge on any atom is -0.497 e. The first-order valence-corrected chi connectivity index (χ1v) is 11.2. The maximum Gasteiger partial charge on any atom is 0.304 e. The predicted octanol–water partition coefficient (Wildman–Crippen LogP) is 2.24. The molecule has 1 spiro atoms. The van der Waals surface area contributed by atoms with Crippen molar-refractivity contribution in [2.75, 3.05) is 31.7 Å². The highest BCUT2D eigenvalue weighted by atomic mass is 16.7.